The highest BCUT2D eigenvalue weighted by Crippen LogP contribution is 2.22. The van der Waals surface area contributed by atoms with E-state index in [-0.39, 0.29) is 5.69 Å². The van der Waals surface area contributed by atoms with Gasteiger partial charge in [-0.25, -0.2) is 4.79 Å². The van der Waals surface area contributed by atoms with Crippen molar-refractivity contribution in [3.63, 3.8) is 0 Å². The van der Waals surface area contributed by atoms with Gasteiger partial charge in [0.05, 0.1) is 24.1 Å². The first-order valence-corrected chi connectivity index (χ1v) is 6.16. The van der Waals surface area contributed by atoms with E-state index < -0.39 is 10.9 Å². The number of nitro groups is 1. The van der Waals surface area contributed by atoms with Crippen LogP contribution >= 0.6 is 0 Å². The van der Waals surface area contributed by atoms with Crippen LogP contribution in [-0.2, 0) is 11.3 Å². The maximum atomic E-state index is 11.3. The van der Waals surface area contributed by atoms with E-state index in [2.05, 4.69) is 10.1 Å². The molecule has 1 heterocycles. The summed E-state index contributed by atoms with van der Waals surface area (Å²) in [4.78, 5) is 21.6. The van der Waals surface area contributed by atoms with Crippen molar-refractivity contribution in [2.75, 3.05) is 12.4 Å². The molecule has 2 rings (SSSR count). The largest absolute Gasteiger partial charge is 0.467 e. The molecule has 0 aliphatic heterocycles. The average molecular weight is 290 g/mol. The molecule has 110 valence electrons. The fourth-order valence-corrected chi connectivity index (χ4v) is 1.79. The van der Waals surface area contributed by atoms with E-state index in [0.29, 0.717) is 23.6 Å². The maximum absolute atomic E-state index is 11.3. The summed E-state index contributed by atoms with van der Waals surface area (Å²) >= 11 is 0. The number of carbonyl (C=O) groups is 1. The fourth-order valence-electron chi connectivity index (χ4n) is 1.79. The maximum Gasteiger partial charge on any atom is 0.341 e. The zero-order valence-electron chi connectivity index (χ0n) is 11.6. The highest BCUT2D eigenvalue weighted by atomic mass is 16.6. The van der Waals surface area contributed by atoms with Gasteiger partial charge in [0.25, 0.3) is 5.69 Å². The molecule has 1 aromatic carbocycles. The number of hydrogen-bond acceptors (Lipinski definition) is 6. The van der Waals surface area contributed by atoms with Crippen molar-refractivity contribution >= 4 is 17.3 Å². The summed E-state index contributed by atoms with van der Waals surface area (Å²) in [7, 11) is 1.29. The van der Waals surface area contributed by atoms with E-state index in [1.807, 2.05) is 6.92 Å². The second-order valence-corrected chi connectivity index (χ2v) is 4.40. The van der Waals surface area contributed by atoms with Crippen molar-refractivity contribution in [1.29, 1.82) is 0 Å². The molecule has 0 aliphatic rings. The number of esters is 1. The Labute approximate surface area is 120 Å². The van der Waals surface area contributed by atoms with Gasteiger partial charge in [0.1, 0.15) is 12.0 Å². The number of methoxy groups -OCH3 is 1. The smallest absolute Gasteiger partial charge is 0.341 e. The fraction of sp³-hybridized carbons (Fsp3) is 0.214. The Morgan fingerprint density at radius 3 is 2.86 bits per heavy atom. The van der Waals surface area contributed by atoms with Crippen LogP contribution < -0.4 is 5.32 Å². The summed E-state index contributed by atoms with van der Waals surface area (Å²) in [6.07, 6.45) is 1.31. The van der Waals surface area contributed by atoms with Gasteiger partial charge in [-0.1, -0.05) is 6.07 Å². The van der Waals surface area contributed by atoms with Crippen LogP contribution in [0, 0.1) is 17.0 Å². The van der Waals surface area contributed by atoms with Gasteiger partial charge in [-0.3, -0.25) is 10.1 Å². The highest BCUT2D eigenvalue weighted by Gasteiger charge is 2.12. The van der Waals surface area contributed by atoms with Crippen molar-refractivity contribution < 1.29 is 18.9 Å². The van der Waals surface area contributed by atoms with Gasteiger partial charge in [-0.15, -0.1) is 0 Å². The standard InChI is InChI=1S/C14H14N2O5/c1-9-3-4-11(16(18)19)6-13(9)15-7-12-5-10(8-21-12)14(17)20-2/h3-6,8,15H,7H2,1-2H3. The second-order valence-electron chi connectivity index (χ2n) is 4.40. The molecule has 0 unspecified atom stereocenters. The van der Waals surface area contributed by atoms with Crippen molar-refractivity contribution in [2.24, 2.45) is 0 Å². The number of benzene rings is 1. The van der Waals surface area contributed by atoms with E-state index in [1.165, 1.54) is 25.5 Å². The number of nitro benzene ring substituents is 1. The van der Waals surface area contributed by atoms with Gasteiger partial charge in [-0.05, 0) is 18.6 Å². The first-order chi connectivity index (χ1) is 10.0. The molecule has 7 heteroatoms. The third-order valence-electron chi connectivity index (χ3n) is 2.96. The number of non-ortho nitro benzene ring substituents is 1. The minimum Gasteiger partial charge on any atom is -0.467 e. The van der Waals surface area contributed by atoms with Crippen LogP contribution in [0.25, 0.3) is 0 Å². The molecular formula is C14H14N2O5. The van der Waals surface area contributed by atoms with Crippen LogP contribution in [0.4, 0.5) is 11.4 Å². The Hall–Kier alpha value is -2.83. The lowest BCUT2D eigenvalue weighted by atomic mass is 10.2. The minimum absolute atomic E-state index is 0.0118. The molecule has 21 heavy (non-hydrogen) atoms. The molecule has 0 saturated heterocycles. The van der Waals surface area contributed by atoms with E-state index in [0.717, 1.165) is 5.56 Å². The molecule has 1 N–H and O–H groups in total. The summed E-state index contributed by atoms with van der Waals surface area (Å²) in [5.74, 6) is 0.0536. The molecule has 2 aromatic rings. The Balaban J connectivity index is 2.09. The van der Waals surface area contributed by atoms with E-state index in [4.69, 9.17) is 4.42 Å². The van der Waals surface area contributed by atoms with Crippen molar-refractivity contribution in [3.8, 4) is 0 Å². The molecule has 0 amide bonds. The molecule has 0 aliphatic carbocycles. The number of ether oxygens (including phenoxy) is 1. The van der Waals surface area contributed by atoms with Crippen LogP contribution in [0.2, 0.25) is 0 Å². The number of hydrogen-bond donors (Lipinski definition) is 1. The molecule has 0 bridgehead atoms. The van der Waals surface area contributed by atoms with Crippen molar-refractivity contribution in [3.05, 3.63) is 57.5 Å². The average Bonchev–Trinajstić information content (AvgIpc) is 2.94. The number of carbonyl (C=O) groups excluding carboxylic acids is 1. The summed E-state index contributed by atoms with van der Waals surface area (Å²) in [6, 6.07) is 6.14. The molecule has 0 atom stereocenters. The highest BCUT2D eigenvalue weighted by molar-refractivity contribution is 5.89. The zero-order valence-corrected chi connectivity index (χ0v) is 11.6. The first kappa shape index (κ1) is 14.6. The lowest BCUT2D eigenvalue weighted by Crippen LogP contribution is -2.02. The van der Waals surface area contributed by atoms with Gasteiger partial charge in [-0.2, -0.15) is 0 Å². The lowest BCUT2D eigenvalue weighted by Gasteiger charge is -2.07. The number of anilines is 1. The Morgan fingerprint density at radius 2 is 2.19 bits per heavy atom. The second kappa shape index (κ2) is 6.08. The number of rotatable bonds is 5. The van der Waals surface area contributed by atoms with Gasteiger partial charge in [0, 0.05) is 17.8 Å². The van der Waals surface area contributed by atoms with Crippen molar-refractivity contribution in [2.45, 2.75) is 13.5 Å². The van der Waals surface area contributed by atoms with Crippen LogP contribution in [-0.4, -0.2) is 18.0 Å². The lowest BCUT2D eigenvalue weighted by molar-refractivity contribution is -0.384. The molecular weight excluding hydrogens is 276 g/mol. The Morgan fingerprint density at radius 1 is 1.43 bits per heavy atom. The summed E-state index contributed by atoms with van der Waals surface area (Å²) in [5, 5.41) is 13.8. The van der Waals surface area contributed by atoms with Crippen molar-refractivity contribution in [1.82, 2.24) is 0 Å². The molecule has 0 radical (unpaired) electrons. The molecule has 0 spiro atoms. The zero-order chi connectivity index (χ0) is 15.4. The Bertz CT molecular complexity index is 678. The van der Waals surface area contributed by atoms with Gasteiger partial charge >= 0.3 is 5.97 Å². The van der Waals surface area contributed by atoms with Gasteiger partial charge in [0.2, 0.25) is 0 Å². The summed E-state index contributed by atoms with van der Waals surface area (Å²) < 4.78 is 9.81. The Kier molecular flexibility index (Phi) is 4.22. The van der Waals surface area contributed by atoms with E-state index >= 15 is 0 Å². The first-order valence-electron chi connectivity index (χ1n) is 6.16. The van der Waals surface area contributed by atoms with Crippen LogP contribution in [0.1, 0.15) is 21.7 Å². The number of aryl methyl sites for hydroxylation is 1. The van der Waals surface area contributed by atoms with E-state index in [1.54, 1.807) is 12.1 Å². The quantitative estimate of drug-likeness (QED) is 0.517. The topological polar surface area (TPSA) is 94.6 Å². The summed E-state index contributed by atoms with van der Waals surface area (Å²) in [5.41, 5.74) is 1.85. The SMILES string of the molecule is COC(=O)c1coc(CNc2cc([N+](=O)[O-])ccc2C)c1. The van der Waals surface area contributed by atoms with Gasteiger partial charge in [0.15, 0.2) is 0 Å². The third-order valence-corrected chi connectivity index (χ3v) is 2.96. The third kappa shape index (κ3) is 3.38. The van der Waals surface area contributed by atoms with Crippen LogP contribution in [0.15, 0.2) is 34.9 Å². The number of furan rings is 1. The predicted molar refractivity (Wildman–Crippen MR) is 75.2 cm³/mol. The van der Waals surface area contributed by atoms with Crippen LogP contribution in [0.5, 0.6) is 0 Å². The van der Waals surface area contributed by atoms with Crippen LogP contribution in [0.3, 0.4) is 0 Å². The van der Waals surface area contributed by atoms with Gasteiger partial charge < -0.3 is 14.5 Å². The monoisotopic (exact) mass is 290 g/mol. The minimum atomic E-state index is -0.475. The normalized spacial score (nSPS) is 10.2. The predicted octanol–water partition coefficient (Wildman–Crippen LogP) is 2.89. The molecule has 7 nitrogen and oxygen atoms in total. The number of nitrogens with one attached hydrogen (secondary N) is 1. The molecule has 0 fully saturated rings. The summed E-state index contributed by atoms with van der Waals surface area (Å²) in [6.45, 7) is 2.15. The van der Waals surface area contributed by atoms with E-state index in [9.17, 15) is 14.9 Å². The molecule has 0 saturated carbocycles. The number of nitrogens with zero attached hydrogens (tertiary/aromatic N) is 1. The molecule has 1 aromatic heterocycles.